The average Bonchev–Trinajstić information content (AvgIpc) is 3.16. The molecule has 0 atom stereocenters. The van der Waals surface area contributed by atoms with E-state index in [1.54, 1.807) is 18.7 Å². The molecule has 0 amide bonds. The smallest absolute Gasteiger partial charge is 0.116 e. The zero-order valence-corrected chi connectivity index (χ0v) is 35.4. The van der Waals surface area contributed by atoms with Gasteiger partial charge < -0.3 is 0 Å². The van der Waals surface area contributed by atoms with Gasteiger partial charge in [-0.1, -0.05) is 126 Å². The van der Waals surface area contributed by atoms with Gasteiger partial charge in [0.05, 0.1) is 27.6 Å². The fourth-order valence-electron chi connectivity index (χ4n) is 5.96. The Kier molecular flexibility index (Phi) is 12.6. The van der Waals surface area contributed by atoms with Gasteiger partial charge in [0, 0.05) is 47.1 Å². The Hall–Kier alpha value is -5.62. The van der Waals surface area contributed by atoms with E-state index in [1.165, 1.54) is 33.0 Å². The van der Waals surface area contributed by atoms with Crippen LogP contribution >= 0.6 is 0 Å². The van der Waals surface area contributed by atoms with Gasteiger partial charge in [-0.15, -0.1) is 0 Å². The second-order valence-corrected chi connectivity index (χ2v) is 18.4. The van der Waals surface area contributed by atoms with Gasteiger partial charge in [0.1, 0.15) is 6.33 Å². The van der Waals surface area contributed by atoms with E-state index in [-0.39, 0.29) is 21.7 Å². The lowest BCUT2D eigenvalue weighted by Gasteiger charge is -2.19. The van der Waals surface area contributed by atoms with E-state index in [1.807, 2.05) is 36.8 Å². The van der Waals surface area contributed by atoms with Crippen LogP contribution in [0.25, 0.3) is 43.7 Å². The summed E-state index contributed by atoms with van der Waals surface area (Å²) < 4.78 is 0. The maximum absolute atomic E-state index is 4.36. The minimum absolute atomic E-state index is 0.172. The van der Waals surface area contributed by atoms with E-state index >= 15 is 0 Å². The summed E-state index contributed by atoms with van der Waals surface area (Å²) in [5, 5.41) is 3.54. The molecule has 0 aliphatic carbocycles. The van der Waals surface area contributed by atoms with Crippen LogP contribution in [0.4, 0.5) is 0 Å². The Morgan fingerprint density at radius 3 is 1.30 bits per heavy atom. The molecule has 0 fully saturated rings. The van der Waals surface area contributed by atoms with Crippen LogP contribution < -0.4 is 0 Å². The molecule has 6 heteroatoms. The molecule has 0 N–H and O–H groups in total. The van der Waals surface area contributed by atoms with Crippen molar-refractivity contribution in [2.24, 2.45) is 0 Å². The Morgan fingerprint density at radius 2 is 0.732 bits per heavy atom. The van der Waals surface area contributed by atoms with Crippen molar-refractivity contribution in [2.75, 3.05) is 0 Å². The van der Waals surface area contributed by atoms with Gasteiger partial charge >= 0.3 is 0 Å². The highest BCUT2D eigenvalue weighted by molar-refractivity contribution is 5.80. The van der Waals surface area contributed by atoms with Crippen LogP contribution in [0.15, 0.2) is 134 Å². The first-order valence-corrected chi connectivity index (χ1v) is 19.4. The van der Waals surface area contributed by atoms with Crippen molar-refractivity contribution in [3.63, 3.8) is 0 Å². The summed E-state index contributed by atoms with van der Waals surface area (Å²) in [6.07, 6.45) is 10.6. The van der Waals surface area contributed by atoms with Gasteiger partial charge in [-0.2, -0.15) is 0 Å². The molecule has 6 nitrogen and oxygen atoms in total. The van der Waals surface area contributed by atoms with Gasteiger partial charge in [0.2, 0.25) is 0 Å². The maximum atomic E-state index is 4.36. The van der Waals surface area contributed by atoms with Crippen molar-refractivity contribution < 1.29 is 0 Å². The van der Waals surface area contributed by atoms with Crippen LogP contribution in [0.3, 0.4) is 0 Å². The molecule has 56 heavy (non-hydrogen) atoms. The second-order valence-electron chi connectivity index (χ2n) is 18.4. The Labute approximate surface area is 334 Å². The quantitative estimate of drug-likeness (QED) is 0.154. The summed E-state index contributed by atoms with van der Waals surface area (Å²) >= 11 is 0. The molecule has 0 saturated carbocycles. The number of hydrogen-bond acceptors (Lipinski definition) is 6. The van der Waals surface area contributed by atoms with E-state index in [4.69, 9.17) is 0 Å². The van der Waals surface area contributed by atoms with Gasteiger partial charge in [-0.25, -0.2) is 9.97 Å². The van der Waals surface area contributed by atoms with Crippen LogP contribution in [-0.2, 0) is 21.7 Å². The molecule has 0 radical (unpaired) electrons. The molecule has 4 heterocycles. The Morgan fingerprint density at radius 1 is 0.321 bits per heavy atom. The number of nitrogens with zero attached hydrogens (tertiary/aromatic N) is 6. The van der Waals surface area contributed by atoms with E-state index in [2.05, 4.69) is 192 Å². The lowest BCUT2D eigenvalue weighted by atomic mass is 9.86. The van der Waals surface area contributed by atoms with E-state index in [9.17, 15) is 0 Å². The summed E-state index contributed by atoms with van der Waals surface area (Å²) in [5.41, 5.74) is 11.2. The second kappa shape index (κ2) is 17.0. The van der Waals surface area contributed by atoms with Crippen LogP contribution in [0.2, 0.25) is 0 Å². The lowest BCUT2D eigenvalue weighted by molar-refractivity contribution is 0.590. The Bertz CT molecular complexity index is 2170. The highest BCUT2D eigenvalue weighted by atomic mass is 14.8. The third-order valence-corrected chi connectivity index (χ3v) is 9.65. The molecular formula is C50H58N6. The molecule has 0 unspecified atom stereocenters. The maximum Gasteiger partial charge on any atom is 0.116 e. The first-order valence-electron chi connectivity index (χ1n) is 19.4. The summed E-state index contributed by atoms with van der Waals surface area (Å²) in [7, 11) is 0. The predicted octanol–water partition coefficient (Wildman–Crippen LogP) is 12.9. The first kappa shape index (κ1) is 41.5. The monoisotopic (exact) mass is 742 g/mol. The van der Waals surface area contributed by atoms with Crippen molar-refractivity contribution >= 4 is 43.7 Å². The number of fused-ring (bicyclic) bond motifs is 4. The van der Waals surface area contributed by atoms with Crippen molar-refractivity contribution in [3.8, 4) is 0 Å². The molecule has 4 aromatic carbocycles. The van der Waals surface area contributed by atoms with Gasteiger partial charge in [0.25, 0.3) is 0 Å². The summed E-state index contributed by atoms with van der Waals surface area (Å²) in [5.74, 6) is 0. The number of aromatic nitrogens is 6. The summed E-state index contributed by atoms with van der Waals surface area (Å²) in [6.45, 7) is 26.6. The van der Waals surface area contributed by atoms with Gasteiger partial charge in [0.15, 0.2) is 0 Å². The third kappa shape index (κ3) is 11.2. The van der Waals surface area contributed by atoms with Crippen LogP contribution in [0, 0.1) is 0 Å². The predicted molar refractivity (Wildman–Crippen MR) is 237 cm³/mol. The van der Waals surface area contributed by atoms with Crippen molar-refractivity contribution in [1.29, 1.82) is 0 Å². The summed E-state index contributed by atoms with van der Waals surface area (Å²) in [6, 6.07) is 33.8. The molecule has 8 aromatic rings. The largest absolute Gasteiger partial charge is 0.256 e. The van der Waals surface area contributed by atoms with E-state index < -0.39 is 0 Å². The average molecular weight is 743 g/mol. The van der Waals surface area contributed by atoms with Crippen molar-refractivity contribution in [2.45, 2.75) is 105 Å². The van der Waals surface area contributed by atoms with Crippen LogP contribution in [0.1, 0.15) is 105 Å². The van der Waals surface area contributed by atoms with Gasteiger partial charge in [-0.05, 0) is 98.5 Å². The van der Waals surface area contributed by atoms with E-state index in [0.29, 0.717) is 0 Å². The number of hydrogen-bond donors (Lipinski definition) is 0. The number of benzene rings is 4. The molecule has 0 aliphatic heterocycles. The van der Waals surface area contributed by atoms with Crippen LogP contribution in [0.5, 0.6) is 0 Å². The molecule has 0 saturated heterocycles. The third-order valence-electron chi connectivity index (χ3n) is 9.65. The fourth-order valence-corrected chi connectivity index (χ4v) is 5.96. The normalized spacial score (nSPS) is 11.9. The number of rotatable bonds is 0. The van der Waals surface area contributed by atoms with Crippen LogP contribution in [-0.4, -0.2) is 29.9 Å². The standard InChI is InChI=1S/2C13H15N.2C12H14N2/c1-13(2,3)11-6-7-12-10(9-11)5-4-8-14-12;1-13(2,3)11-7-6-10-5-4-8-14-12(10)9-11;1-12(2,3)10-4-5-11-9(6-10)7-13-8-14-11;1-12(2,3)9-4-5-10-11(8-9)14-7-6-13-10/h2*4-9H,1-3H3;2*4-8H,1-3H3. The molecule has 8 rings (SSSR count). The topological polar surface area (TPSA) is 77.3 Å². The van der Waals surface area contributed by atoms with Gasteiger partial charge in [-0.3, -0.25) is 19.9 Å². The molecule has 0 aliphatic rings. The lowest BCUT2D eigenvalue weighted by Crippen LogP contribution is -2.10. The molecule has 4 aromatic heterocycles. The van der Waals surface area contributed by atoms with E-state index in [0.717, 1.165) is 33.0 Å². The number of pyridine rings is 2. The molecule has 0 bridgehead atoms. The SMILES string of the molecule is CC(C)(C)c1ccc2cccnc2c1.CC(C)(C)c1ccc2ncccc2c1.CC(C)(C)c1ccc2nccnc2c1.CC(C)(C)c1ccc2ncncc2c1. The first-order chi connectivity index (χ1) is 26.3. The zero-order valence-electron chi connectivity index (χ0n) is 35.4. The minimum atomic E-state index is 0.172. The molecule has 288 valence electrons. The highest BCUT2D eigenvalue weighted by Crippen LogP contribution is 2.28. The molecular weight excluding hydrogens is 685 g/mol. The zero-order chi connectivity index (χ0) is 40.7. The fraction of sp³-hybridized carbons (Fsp3) is 0.320. The molecule has 0 spiro atoms. The highest BCUT2D eigenvalue weighted by Gasteiger charge is 2.16. The Balaban J connectivity index is 0.000000143. The van der Waals surface area contributed by atoms with Crippen molar-refractivity contribution in [1.82, 2.24) is 29.9 Å². The van der Waals surface area contributed by atoms with Crippen molar-refractivity contribution in [3.05, 3.63) is 157 Å². The summed E-state index contributed by atoms with van der Waals surface area (Å²) in [4.78, 5) is 25.4. The minimum Gasteiger partial charge on any atom is -0.256 e.